The van der Waals surface area contributed by atoms with Crippen LogP contribution in [0.5, 0.6) is 0 Å². The molecule has 8 nitrogen and oxygen atoms in total. The number of aromatic nitrogens is 1. The average Bonchev–Trinajstić information content (AvgIpc) is 2.60. The lowest BCUT2D eigenvalue weighted by Gasteiger charge is -2.08. The van der Waals surface area contributed by atoms with Crippen LogP contribution >= 0.6 is 0 Å². The van der Waals surface area contributed by atoms with Gasteiger partial charge < -0.3 is 20.6 Å². The maximum absolute atomic E-state index is 11.9. The molecule has 1 heterocycles. The summed E-state index contributed by atoms with van der Waals surface area (Å²) >= 11 is 0. The summed E-state index contributed by atoms with van der Waals surface area (Å²) in [7, 11) is 0. The van der Waals surface area contributed by atoms with Crippen molar-refractivity contribution < 1.29 is 32.3 Å². The molecule has 0 radical (unpaired) electrons. The van der Waals surface area contributed by atoms with Gasteiger partial charge in [-0.3, -0.25) is 9.59 Å². The number of carboxylic acids is 1. The van der Waals surface area contributed by atoms with Crippen LogP contribution in [0.3, 0.4) is 0 Å². The number of alkyl halides is 3. The summed E-state index contributed by atoms with van der Waals surface area (Å²) in [5.74, 6) is -2.81. The lowest BCUT2D eigenvalue weighted by molar-refractivity contribution is -0.192. The summed E-state index contributed by atoms with van der Waals surface area (Å²) in [5.41, 5.74) is 6.77. The number of nitrogens with one attached hydrogen (secondary N) is 1. The second-order valence-corrected chi connectivity index (χ2v) is 5.05. The molecule has 0 saturated heterocycles. The van der Waals surface area contributed by atoms with E-state index in [2.05, 4.69) is 10.3 Å². The molecule has 0 unspecified atom stereocenters. The zero-order chi connectivity index (χ0) is 20.2. The molecule has 27 heavy (non-hydrogen) atoms. The number of rotatable bonds is 2. The van der Waals surface area contributed by atoms with Gasteiger partial charge in [-0.1, -0.05) is 12.1 Å². The third-order valence-electron chi connectivity index (χ3n) is 3.09. The Morgan fingerprint density at radius 1 is 1.22 bits per heavy atom. The smallest absolute Gasteiger partial charge is 0.475 e. The number of hydrogen-bond donors (Lipinski definition) is 3. The molecule has 1 aromatic rings. The number of anilines is 1. The molecule has 1 aliphatic carbocycles. The molecule has 0 aromatic heterocycles. The molecule has 0 saturated carbocycles. The van der Waals surface area contributed by atoms with Gasteiger partial charge in [-0.15, -0.1) is 0 Å². The summed E-state index contributed by atoms with van der Waals surface area (Å²) in [5, 5.41) is 9.57. The van der Waals surface area contributed by atoms with Gasteiger partial charge in [0.15, 0.2) is 11.3 Å². The summed E-state index contributed by atoms with van der Waals surface area (Å²) in [6, 6.07) is 10.0. The lowest BCUT2D eigenvalue weighted by Crippen LogP contribution is -2.25. The van der Waals surface area contributed by atoms with E-state index in [9.17, 15) is 22.8 Å². The molecule has 1 amide bonds. The Morgan fingerprint density at radius 2 is 1.85 bits per heavy atom. The number of halogens is 3. The predicted molar refractivity (Wildman–Crippen MR) is 88.3 cm³/mol. The Bertz CT molecular complexity index is 1020. The fraction of sp³-hybridized carbons (Fsp3) is 0.125. The highest BCUT2D eigenvalue weighted by molar-refractivity contribution is 5.92. The van der Waals surface area contributed by atoms with Crippen molar-refractivity contribution in [3.05, 3.63) is 46.6 Å². The molecule has 11 heteroatoms. The first-order chi connectivity index (χ1) is 12.6. The molecule has 0 fully saturated rings. The Kier molecular flexibility index (Phi) is 5.75. The number of para-hydroxylation sites is 2. The number of carbonyl (C=O) groups is 2. The predicted octanol–water partition coefficient (Wildman–Crippen LogP) is 1.82. The summed E-state index contributed by atoms with van der Waals surface area (Å²) in [6.45, 7) is -0.187. The van der Waals surface area contributed by atoms with Crippen molar-refractivity contribution in [1.82, 2.24) is 4.98 Å². The highest BCUT2D eigenvalue weighted by Crippen LogP contribution is 2.25. The van der Waals surface area contributed by atoms with E-state index in [1.807, 2.05) is 18.2 Å². The maximum Gasteiger partial charge on any atom is 0.490 e. The van der Waals surface area contributed by atoms with Crippen LogP contribution in [0.2, 0.25) is 0 Å². The van der Waals surface area contributed by atoms with E-state index in [-0.39, 0.29) is 17.7 Å². The van der Waals surface area contributed by atoms with Gasteiger partial charge in [0.1, 0.15) is 11.2 Å². The van der Waals surface area contributed by atoms with Crippen molar-refractivity contribution in [2.75, 3.05) is 11.9 Å². The normalized spacial score (nSPS) is 11.0. The van der Waals surface area contributed by atoms with Gasteiger partial charge in [0.05, 0.1) is 12.2 Å². The number of nitrogens with zero attached hydrogens (tertiary/aromatic N) is 1. The topological polar surface area (TPSA) is 136 Å². The standard InChI is InChI=1S/C14H11N3O3.C2HF3O2/c15-7-14(19)17-9-5-10-13(6-11(9)18)20-12-4-2-1-3-8(12)16-10;3-2(4,5)1(6)7/h1-6H,7,15H2,(H,17,19);(H,6,7). The maximum atomic E-state index is 11.9. The van der Waals surface area contributed by atoms with Crippen LogP contribution in [0, 0.1) is 0 Å². The monoisotopic (exact) mass is 383 g/mol. The molecule has 0 atom stereocenters. The quantitative estimate of drug-likeness (QED) is 0.574. The zero-order valence-electron chi connectivity index (χ0n) is 13.4. The summed E-state index contributed by atoms with van der Waals surface area (Å²) in [6.07, 6.45) is -5.08. The molecule has 0 bridgehead atoms. The average molecular weight is 383 g/mol. The Morgan fingerprint density at radius 3 is 2.44 bits per heavy atom. The van der Waals surface area contributed by atoms with Gasteiger partial charge >= 0.3 is 12.1 Å². The van der Waals surface area contributed by atoms with Gasteiger partial charge in [0.25, 0.3) is 0 Å². The van der Waals surface area contributed by atoms with E-state index in [1.54, 1.807) is 6.07 Å². The zero-order valence-corrected chi connectivity index (χ0v) is 13.4. The highest BCUT2D eigenvalue weighted by atomic mass is 19.4. The highest BCUT2D eigenvalue weighted by Gasteiger charge is 2.38. The first-order valence-electron chi connectivity index (χ1n) is 7.25. The molecule has 0 spiro atoms. The molecular weight excluding hydrogens is 371 g/mol. The minimum absolute atomic E-state index is 0.144. The molecule has 142 valence electrons. The number of amides is 1. The van der Waals surface area contributed by atoms with Crippen LogP contribution in [0.15, 0.2) is 45.6 Å². The second kappa shape index (κ2) is 7.83. The summed E-state index contributed by atoms with van der Waals surface area (Å²) < 4.78 is 37.3. The lowest BCUT2D eigenvalue weighted by atomic mass is 10.2. The van der Waals surface area contributed by atoms with Crippen LogP contribution in [0.25, 0.3) is 22.6 Å². The van der Waals surface area contributed by atoms with Gasteiger partial charge in [-0.05, 0) is 18.2 Å². The molecule has 2 aliphatic rings. The summed E-state index contributed by atoms with van der Waals surface area (Å²) in [4.78, 5) is 36.4. The minimum Gasteiger partial charge on any atom is -0.475 e. The molecular formula is C16H12F3N3O5. The van der Waals surface area contributed by atoms with Crippen molar-refractivity contribution in [2.45, 2.75) is 6.18 Å². The first kappa shape index (κ1) is 19.8. The third-order valence-corrected chi connectivity index (χ3v) is 3.09. The van der Waals surface area contributed by atoms with Gasteiger partial charge in [0, 0.05) is 6.07 Å². The van der Waals surface area contributed by atoms with Gasteiger partial charge in [-0.2, -0.15) is 13.2 Å². The number of benzene rings is 2. The second-order valence-electron chi connectivity index (χ2n) is 5.05. The number of nitrogens with two attached hydrogens (primary N) is 1. The van der Waals surface area contributed by atoms with E-state index >= 15 is 0 Å². The number of hydrogen-bond acceptors (Lipinski definition) is 6. The number of fused-ring (bicyclic) bond motifs is 2. The van der Waals surface area contributed by atoms with Crippen molar-refractivity contribution in [1.29, 1.82) is 0 Å². The minimum atomic E-state index is -5.08. The fourth-order valence-electron chi connectivity index (χ4n) is 1.90. The number of carboxylic acid groups (broad SMARTS) is 1. The number of aliphatic carboxylic acids is 1. The molecule has 3 rings (SSSR count). The molecule has 4 N–H and O–H groups in total. The fourth-order valence-corrected chi connectivity index (χ4v) is 1.90. The first-order valence-corrected chi connectivity index (χ1v) is 7.25. The molecule has 1 aromatic carbocycles. The van der Waals surface area contributed by atoms with E-state index < -0.39 is 18.1 Å². The third kappa shape index (κ3) is 5.01. The van der Waals surface area contributed by atoms with Crippen molar-refractivity contribution >= 4 is 28.7 Å². The van der Waals surface area contributed by atoms with Gasteiger partial charge in [-0.25, -0.2) is 9.78 Å². The van der Waals surface area contributed by atoms with E-state index in [0.29, 0.717) is 22.6 Å². The van der Waals surface area contributed by atoms with Crippen molar-refractivity contribution in [3.8, 4) is 11.5 Å². The van der Waals surface area contributed by atoms with Crippen LogP contribution < -0.4 is 16.5 Å². The van der Waals surface area contributed by atoms with E-state index in [4.69, 9.17) is 20.1 Å². The van der Waals surface area contributed by atoms with Crippen molar-refractivity contribution in [3.63, 3.8) is 0 Å². The Balaban J connectivity index is 0.000000321. The van der Waals surface area contributed by atoms with Crippen LogP contribution in [-0.4, -0.2) is 34.7 Å². The largest absolute Gasteiger partial charge is 0.490 e. The Hall–Kier alpha value is -3.47. The van der Waals surface area contributed by atoms with Crippen LogP contribution in [0.1, 0.15) is 0 Å². The SMILES string of the molecule is NCC(=O)Nc1cc2nc3ccccc3oc-2cc1=O.O=C(O)C(F)(F)F. The Labute approximate surface area is 148 Å². The van der Waals surface area contributed by atoms with Gasteiger partial charge in [0.2, 0.25) is 11.3 Å². The number of carbonyl (C=O) groups excluding carboxylic acids is 1. The van der Waals surface area contributed by atoms with Crippen LogP contribution in [0.4, 0.5) is 18.9 Å². The van der Waals surface area contributed by atoms with E-state index in [1.165, 1.54) is 12.1 Å². The molecule has 1 aliphatic heterocycles. The van der Waals surface area contributed by atoms with E-state index in [0.717, 1.165) is 0 Å². The van der Waals surface area contributed by atoms with Crippen molar-refractivity contribution in [2.24, 2.45) is 5.73 Å². The van der Waals surface area contributed by atoms with Crippen LogP contribution in [-0.2, 0) is 9.59 Å².